The van der Waals surface area contributed by atoms with Gasteiger partial charge in [0, 0.05) is 19.2 Å². The maximum Gasteiger partial charge on any atom is 0.315 e. The summed E-state index contributed by atoms with van der Waals surface area (Å²) in [6.45, 7) is 0.980. The third-order valence-electron chi connectivity index (χ3n) is 5.52. The number of urea groups is 1. The van der Waals surface area contributed by atoms with Gasteiger partial charge in [-0.1, -0.05) is 12.8 Å². The van der Waals surface area contributed by atoms with Crippen LogP contribution in [-0.4, -0.2) is 30.3 Å². The van der Waals surface area contributed by atoms with E-state index in [2.05, 4.69) is 10.6 Å². The fourth-order valence-corrected chi connectivity index (χ4v) is 3.95. The summed E-state index contributed by atoms with van der Waals surface area (Å²) in [5.41, 5.74) is 0.578. The number of amides is 2. The molecule has 0 heterocycles. The van der Waals surface area contributed by atoms with Crippen molar-refractivity contribution < 1.29 is 9.90 Å². The molecular weight excluding hydrogens is 240 g/mol. The molecule has 3 atom stereocenters. The molecule has 3 rings (SSSR count). The van der Waals surface area contributed by atoms with Gasteiger partial charge in [0.25, 0.3) is 0 Å². The molecule has 4 nitrogen and oxygen atoms in total. The monoisotopic (exact) mass is 266 g/mol. The molecule has 1 spiro atoms. The van der Waals surface area contributed by atoms with E-state index < -0.39 is 0 Å². The highest BCUT2D eigenvalue weighted by Crippen LogP contribution is 2.51. The third-order valence-corrected chi connectivity index (χ3v) is 5.52. The van der Waals surface area contributed by atoms with Crippen molar-refractivity contribution in [3.63, 3.8) is 0 Å². The summed E-state index contributed by atoms with van der Waals surface area (Å²) in [5.74, 6) is 0.924. The van der Waals surface area contributed by atoms with Crippen LogP contribution in [0.15, 0.2) is 0 Å². The lowest BCUT2D eigenvalue weighted by Gasteiger charge is -2.47. The first-order chi connectivity index (χ1) is 9.21. The Morgan fingerprint density at radius 2 is 2.00 bits per heavy atom. The second kappa shape index (κ2) is 5.31. The van der Waals surface area contributed by atoms with E-state index in [9.17, 15) is 4.79 Å². The predicted molar refractivity (Wildman–Crippen MR) is 73.8 cm³/mol. The number of nitrogens with one attached hydrogen (secondary N) is 2. The van der Waals surface area contributed by atoms with E-state index in [0.717, 1.165) is 19.4 Å². The fourth-order valence-electron chi connectivity index (χ4n) is 3.95. The molecule has 0 saturated heterocycles. The van der Waals surface area contributed by atoms with Crippen LogP contribution in [0.2, 0.25) is 0 Å². The van der Waals surface area contributed by atoms with Crippen LogP contribution < -0.4 is 10.6 Å². The van der Waals surface area contributed by atoms with Gasteiger partial charge in [0.05, 0.1) is 0 Å². The molecule has 0 bridgehead atoms. The van der Waals surface area contributed by atoms with Crippen LogP contribution in [0.5, 0.6) is 0 Å². The van der Waals surface area contributed by atoms with Gasteiger partial charge in [-0.05, 0) is 55.8 Å². The van der Waals surface area contributed by atoms with Gasteiger partial charge in [-0.2, -0.15) is 0 Å². The molecule has 0 aromatic rings. The molecule has 2 amide bonds. The van der Waals surface area contributed by atoms with Crippen molar-refractivity contribution in [2.75, 3.05) is 13.2 Å². The molecule has 3 saturated carbocycles. The summed E-state index contributed by atoms with van der Waals surface area (Å²) in [6.07, 6.45) is 10.1. The molecule has 0 aromatic heterocycles. The van der Waals surface area contributed by atoms with Crippen LogP contribution in [0, 0.1) is 17.3 Å². The Labute approximate surface area is 115 Å². The number of hydrogen-bond donors (Lipinski definition) is 3. The zero-order chi connectivity index (χ0) is 13.3. The topological polar surface area (TPSA) is 61.4 Å². The molecule has 3 aliphatic rings. The van der Waals surface area contributed by atoms with Crippen LogP contribution in [-0.2, 0) is 0 Å². The number of carbonyl (C=O) groups excluding carboxylic acids is 1. The van der Waals surface area contributed by atoms with Gasteiger partial charge in [-0.15, -0.1) is 0 Å². The smallest absolute Gasteiger partial charge is 0.315 e. The standard InChI is InChI=1S/C15H26N2O2/c18-10-12-7-11(12)9-16-14(19)17-13-3-1-4-15(8-13)5-2-6-15/h11-13,18H,1-10H2,(H2,16,17,19)/t11-,12-,13?/m0/s1. The number of hydrogen-bond acceptors (Lipinski definition) is 2. The highest BCUT2D eigenvalue weighted by Gasteiger charge is 2.41. The second-order valence-corrected chi connectivity index (χ2v) is 6.94. The first kappa shape index (κ1) is 13.2. The molecule has 0 radical (unpaired) electrons. The number of aliphatic hydroxyl groups excluding tert-OH is 1. The van der Waals surface area contributed by atoms with Crippen LogP contribution in [0.3, 0.4) is 0 Å². The summed E-state index contributed by atoms with van der Waals surface area (Å²) in [7, 11) is 0. The van der Waals surface area contributed by atoms with Crippen molar-refractivity contribution in [1.82, 2.24) is 10.6 Å². The molecule has 19 heavy (non-hydrogen) atoms. The minimum Gasteiger partial charge on any atom is -0.396 e. The van der Waals surface area contributed by atoms with Crippen molar-refractivity contribution in [3.8, 4) is 0 Å². The predicted octanol–water partition coefficient (Wildman–Crippen LogP) is 2.03. The summed E-state index contributed by atoms with van der Waals surface area (Å²) < 4.78 is 0. The number of rotatable bonds is 4. The second-order valence-electron chi connectivity index (χ2n) is 6.94. The lowest BCUT2D eigenvalue weighted by atomic mass is 9.60. The van der Waals surface area contributed by atoms with Crippen molar-refractivity contribution in [2.45, 2.75) is 57.4 Å². The molecular formula is C15H26N2O2. The fraction of sp³-hybridized carbons (Fsp3) is 0.933. The van der Waals surface area contributed by atoms with E-state index in [1.165, 1.54) is 38.5 Å². The van der Waals surface area contributed by atoms with Crippen molar-refractivity contribution in [2.24, 2.45) is 17.3 Å². The Morgan fingerprint density at radius 1 is 1.21 bits per heavy atom. The van der Waals surface area contributed by atoms with Gasteiger partial charge in [-0.25, -0.2) is 4.79 Å². The lowest BCUT2D eigenvalue weighted by Crippen LogP contribution is -2.48. The van der Waals surface area contributed by atoms with E-state index >= 15 is 0 Å². The average molecular weight is 266 g/mol. The van der Waals surface area contributed by atoms with Crippen LogP contribution in [0.25, 0.3) is 0 Å². The molecule has 0 aromatic carbocycles. The van der Waals surface area contributed by atoms with Gasteiger partial charge < -0.3 is 15.7 Å². The van der Waals surface area contributed by atoms with Gasteiger partial charge in [-0.3, -0.25) is 0 Å². The Morgan fingerprint density at radius 3 is 2.63 bits per heavy atom. The van der Waals surface area contributed by atoms with Crippen LogP contribution >= 0.6 is 0 Å². The molecule has 3 aliphatic carbocycles. The Hall–Kier alpha value is -0.770. The minimum absolute atomic E-state index is 0.00929. The summed E-state index contributed by atoms with van der Waals surface area (Å²) in [4.78, 5) is 11.9. The SMILES string of the molecule is O=C(NC[C@@H]1C[C@H]1CO)NC1CCCC2(CCC2)C1. The van der Waals surface area contributed by atoms with Crippen molar-refractivity contribution >= 4 is 6.03 Å². The van der Waals surface area contributed by atoms with Crippen LogP contribution in [0.4, 0.5) is 4.79 Å². The van der Waals surface area contributed by atoms with Crippen molar-refractivity contribution in [3.05, 3.63) is 0 Å². The Balaban J connectivity index is 1.37. The average Bonchev–Trinajstić information content (AvgIpc) is 3.13. The van der Waals surface area contributed by atoms with Gasteiger partial charge in [0.2, 0.25) is 0 Å². The summed E-state index contributed by atoms with van der Waals surface area (Å²) >= 11 is 0. The summed E-state index contributed by atoms with van der Waals surface area (Å²) in [5, 5.41) is 15.1. The number of aliphatic hydroxyl groups is 1. The normalized spacial score (nSPS) is 35.5. The van der Waals surface area contributed by atoms with E-state index in [-0.39, 0.29) is 12.6 Å². The molecule has 3 fully saturated rings. The lowest BCUT2D eigenvalue weighted by molar-refractivity contribution is 0.0608. The zero-order valence-electron chi connectivity index (χ0n) is 11.7. The van der Waals surface area contributed by atoms with E-state index in [4.69, 9.17) is 5.11 Å². The summed E-state index contributed by atoms with van der Waals surface area (Å²) in [6, 6.07) is 0.367. The highest BCUT2D eigenvalue weighted by atomic mass is 16.3. The Bertz CT molecular complexity index is 341. The largest absolute Gasteiger partial charge is 0.396 e. The molecule has 108 valence electrons. The third kappa shape index (κ3) is 3.04. The quantitative estimate of drug-likeness (QED) is 0.729. The van der Waals surface area contributed by atoms with Crippen LogP contribution in [0.1, 0.15) is 51.4 Å². The Kier molecular flexibility index (Phi) is 3.70. The maximum absolute atomic E-state index is 11.9. The van der Waals surface area contributed by atoms with Gasteiger partial charge in [0.15, 0.2) is 0 Å². The molecule has 4 heteroatoms. The molecule has 1 unspecified atom stereocenters. The molecule has 3 N–H and O–H groups in total. The van der Waals surface area contributed by atoms with E-state index in [1.807, 2.05) is 0 Å². The first-order valence-corrected chi connectivity index (χ1v) is 7.86. The van der Waals surface area contributed by atoms with E-state index in [0.29, 0.717) is 23.3 Å². The first-order valence-electron chi connectivity index (χ1n) is 7.86. The zero-order valence-corrected chi connectivity index (χ0v) is 11.7. The molecule has 0 aliphatic heterocycles. The number of carbonyl (C=O) groups is 1. The van der Waals surface area contributed by atoms with Crippen molar-refractivity contribution in [1.29, 1.82) is 0 Å². The highest BCUT2D eigenvalue weighted by molar-refractivity contribution is 5.74. The van der Waals surface area contributed by atoms with E-state index in [1.54, 1.807) is 0 Å². The minimum atomic E-state index is -0.00929. The van der Waals surface area contributed by atoms with Gasteiger partial charge in [0.1, 0.15) is 0 Å². The van der Waals surface area contributed by atoms with Gasteiger partial charge >= 0.3 is 6.03 Å². The maximum atomic E-state index is 11.9.